The second-order valence-electron chi connectivity index (χ2n) is 7.86. The molecule has 148 valence electrons. The lowest BCUT2D eigenvalue weighted by Gasteiger charge is -2.12. The van der Waals surface area contributed by atoms with Crippen molar-refractivity contribution in [2.75, 3.05) is 0 Å². The fraction of sp³-hybridized carbons (Fsp3) is 0.423. The highest BCUT2D eigenvalue weighted by molar-refractivity contribution is 5.21. The van der Waals surface area contributed by atoms with Crippen molar-refractivity contribution in [3.05, 3.63) is 89.5 Å². The summed E-state index contributed by atoms with van der Waals surface area (Å²) in [5.74, 6) is 1.97. The second-order valence-corrected chi connectivity index (χ2v) is 7.86. The van der Waals surface area contributed by atoms with Gasteiger partial charge in [0.25, 0.3) is 5.82 Å². The highest BCUT2D eigenvalue weighted by Crippen LogP contribution is 2.20. The average Bonchev–Trinajstić information content (AvgIpc) is 3.06. The summed E-state index contributed by atoms with van der Waals surface area (Å²) < 4.78 is 5.08. The number of rotatable bonds is 10. The van der Waals surface area contributed by atoms with Crippen LogP contribution >= 0.6 is 0 Å². The predicted molar refractivity (Wildman–Crippen MR) is 118 cm³/mol. The summed E-state index contributed by atoms with van der Waals surface area (Å²) in [5.41, 5.74) is 4.29. The third kappa shape index (κ3) is 5.13. The van der Waals surface area contributed by atoms with E-state index in [9.17, 15) is 0 Å². The van der Waals surface area contributed by atoms with Gasteiger partial charge in [-0.1, -0.05) is 80.9 Å². The van der Waals surface area contributed by atoms with Crippen LogP contribution in [0.25, 0.3) is 0 Å². The molecule has 1 atom stereocenters. The van der Waals surface area contributed by atoms with Crippen LogP contribution in [0.3, 0.4) is 0 Å². The Kier molecular flexibility index (Phi) is 7.47. The molecule has 1 aromatic heterocycles. The minimum absolute atomic E-state index is 0.524. The fourth-order valence-corrected chi connectivity index (χ4v) is 4.06. The second kappa shape index (κ2) is 10.3. The zero-order valence-corrected chi connectivity index (χ0v) is 17.8. The lowest BCUT2D eigenvalue weighted by molar-refractivity contribution is -0.710. The molecule has 0 aliphatic heterocycles. The number of nitrogens with zero attached hydrogens (tertiary/aromatic N) is 2. The minimum atomic E-state index is 0.524. The molecule has 0 spiro atoms. The van der Waals surface area contributed by atoms with Gasteiger partial charge in [0.15, 0.2) is 0 Å². The SMILES string of the molecule is CCCCC[n+]1c(CC(C)c2ccccc2)cn(CC)c1Cc1ccccc1. The maximum absolute atomic E-state index is 2.62. The minimum Gasteiger partial charge on any atom is -0.234 e. The van der Waals surface area contributed by atoms with Crippen LogP contribution in [-0.4, -0.2) is 4.57 Å². The van der Waals surface area contributed by atoms with Crippen molar-refractivity contribution in [3.63, 3.8) is 0 Å². The van der Waals surface area contributed by atoms with E-state index in [1.165, 1.54) is 41.9 Å². The summed E-state index contributed by atoms with van der Waals surface area (Å²) in [7, 11) is 0. The zero-order chi connectivity index (χ0) is 19.8. The molecule has 1 unspecified atom stereocenters. The number of benzene rings is 2. The fourth-order valence-electron chi connectivity index (χ4n) is 4.06. The maximum atomic E-state index is 2.62. The van der Waals surface area contributed by atoms with Crippen molar-refractivity contribution in [1.82, 2.24) is 4.57 Å². The van der Waals surface area contributed by atoms with E-state index in [0.717, 1.165) is 25.9 Å². The van der Waals surface area contributed by atoms with Gasteiger partial charge in [0.1, 0.15) is 11.9 Å². The molecule has 0 fully saturated rings. The molecule has 0 N–H and O–H groups in total. The highest BCUT2D eigenvalue weighted by atomic mass is 15.2. The number of imidazole rings is 1. The molecule has 0 aliphatic rings. The van der Waals surface area contributed by atoms with E-state index in [1.807, 2.05) is 0 Å². The Morgan fingerprint density at radius 2 is 1.57 bits per heavy atom. The first-order valence-electron chi connectivity index (χ1n) is 10.9. The van der Waals surface area contributed by atoms with Crippen LogP contribution < -0.4 is 4.57 Å². The molecule has 0 aliphatic carbocycles. The third-order valence-electron chi connectivity index (χ3n) is 5.71. The third-order valence-corrected chi connectivity index (χ3v) is 5.71. The summed E-state index contributed by atoms with van der Waals surface area (Å²) in [6.45, 7) is 9.04. The number of unbranched alkanes of at least 4 members (excludes halogenated alkanes) is 2. The Balaban J connectivity index is 1.91. The lowest BCUT2D eigenvalue weighted by Crippen LogP contribution is -2.41. The lowest BCUT2D eigenvalue weighted by atomic mass is 9.96. The van der Waals surface area contributed by atoms with Gasteiger partial charge in [0.05, 0.1) is 19.5 Å². The van der Waals surface area contributed by atoms with Gasteiger partial charge in [-0.3, -0.25) is 0 Å². The molecule has 0 amide bonds. The first-order valence-corrected chi connectivity index (χ1v) is 10.9. The summed E-state index contributed by atoms with van der Waals surface area (Å²) in [6.07, 6.45) is 8.31. The van der Waals surface area contributed by atoms with Crippen molar-refractivity contribution in [3.8, 4) is 0 Å². The van der Waals surface area contributed by atoms with E-state index in [-0.39, 0.29) is 0 Å². The molecule has 3 rings (SSSR count). The average molecular weight is 376 g/mol. The van der Waals surface area contributed by atoms with Gasteiger partial charge >= 0.3 is 0 Å². The van der Waals surface area contributed by atoms with E-state index in [4.69, 9.17) is 0 Å². The molecule has 3 aromatic rings. The Hall–Kier alpha value is -2.35. The molecule has 0 radical (unpaired) electrons. The van der Waals surface area contributed by atoms with E-state index >= 15 is 0 Å². The highest BCUT2D eigenvalue weighted by Gasteiger charge is 2.24. The van der Waals surface area contributed by atoms with E-state index in [1.54, 1.807) is 0 Å². The van der Waals surface area contributed by atoms with Crippen molar-refractivity contribution in [2.24, 2.45) is 0 Å². The van der Waals surface area contributed by atoms with Crippen molar-refractivity contribution < 1.29 is 4.57 Å². The van der Waals surface area contributed by atoms with Gasteiger partial charge in [-0.2, -0.15) is 0 Å². The first kappa shape index (κ1) is 20.4. The number of hydrogen-bond acceptors (Lipinski definition) is 0. The van der Waals surface area contributed by atoms with Gasteiger partial charge in [-0.05, 0) is 36.8 Å². The van der Waals surface area contributed by atoms with Crippen molar-refractivity contribution >= 4 is 0 Å². The van der Waals surface area contributed by atoms with Crippen LogP contribution in [0, 0.1) is 0 Å². The quantitative estimate of drug-likeness (QED) is 0.307. The van der Waals surface area contributed by atoms with Crippen LogP contribution in [0.1, 0.15) is 68.6 Å². The Bertz CT molecular complexity index is 834. The largest absolute Gasteiger partial charge is 0.261 e. The Morgan fingerprint density at radius 1 is 0.893 bits per heavy atom. The maximum Gasteiger partial charge on any atom is 0.261 e. The van der Waals surface area contributed by atoms with Crippen LogP contribution in [0.4, 0.5) is 0 Å². The first-order chi connectivity index (χ1) is 13.7. The molecule has 2 aromatic carbocycles. The van der Waals surface area contributed by atoms with E-state index in [0.29, 0.717) is 5.92 Å². The normalized spacial score (nSPS) is 12.2. The van der Waals surface area contributed by atoms with Gasteiger partial charge in [0.2, 0.25) is 0 Å². The topological polar surface area (TPSA) is 8.81 Å². The van der Waals surface area contributed by atoms with Gasteiger partial charge in [-0.25, -0.2) is 9.13 Å². The van der Waals surface area contributed by atoms with Gasteiger partial charge < -0.3 is 0 Å². The molecule has 0 saturated carbocycles. The summed E-state index contributed by atoms with van der Waals surface area (Å²) >= 11 is 0. The van der Waals surface area contributed by atoms with Crippen molar-refractivity contribution in [2.45, 2.75) is 71.9 Å². The zero-order valence-electron chi connectivity index (χ0n) is 17.8. The Labute approximate surface area is 170 Å². The summed E-state index contributed by atoms with van der Waals surface area (Å²) in [4.78, 5) is 0. The van der Waals surface area contributed by atoms with Crippen molar-refractivity contribution in [1.29, 1.82) is 0 Å². The standard InChI is InChI=1S/C26H35N2/c1-4-6-13-18-28-25(19-22(3)24-16-11-8-12-17-24)21-27(5-2)26(28)20-23-14-9-7-10-15-23/h7-12,14-17,21-22H,4-6,13,18-20H2,1-3H3/q+1. The molecule has 2 heteroatoms. The molecular weight excluding hydrogens is 340 g/mol. The monoisotopic (exact) mass is 375 g/mol. The number of aryl methyl sites for hydroxylation is 1. The molecule has 28 heavy (non-hydrogen) atoms. The molecular formula is C26H35N2+. The van der Waals surface area contributed by atoms with E-state index < -0.39 is 0 Å². The predicted octanol–water partition coefficient (Wildman–Crippen LogP) is 5.92. The Morgan fingerprint density at radius 3 is 2.21 bits per heavy atom. The van der Waals surface area contributed by atoms with Crippen LogP contribution in [-0.2, 0) is 25.9 Å². The van der Waals surface area contributed by atoms with Gasteiger partial charge in [0, 0.05) is 6.42 Å². The molecule has 2 nitrogen and oxygen atoms in total. The van der Waals surface area contributed by atoms with Crippen LogP contribution in [0.5, 0.6) is 0 Å². The van der Waals surface area contributed by atoms with E-state index in [2.05, 4.69) is 96.8 Å². The molecule has 1 heterocycles. The number of aromatic nitrogens is 2. The molecule has 0 bridgehead atoms. The van der Waals surface area contributed by atoms with Crippen LogP contribution in [0.15, 0.2) is 66.9 Å². The number of hydrogen-bond donors (Lipinski definition) is 0. The van der Waals surface area contributed by atoms with Crippen LogP contribution in [0.2, 0.25) is 0 Å². The smallest absolute Gasteiger partial charge is 0.234 e. The van der Waals surface area contributed by atoms with Gasteiger partial charge in [-0.15, -0.1) is 0 Å². The molecule has 0 saturated heterocycles. The summed E-state index contributed by atoms with van der Waals surface area (Å²) in [6, 6.07) is 21.8. The summed E-state index contributed by atoms with van der Waals surface area (Å²) in [5, 5.41) is 0.